The van der Waals surface area contributed by atoms with Crippen molar-refractivity contribution >= 4 is 12.2 Å². The maximum atomic E-state index is 5.38. The molecule has 0 N–H and O–H groups in total. The number of ether oxygens (including phenoxy) is 2. The molecule has 1 heterocycles. The second-order valence-corrected chi connectivity index (χ2v) is 4.81. The highest BCUT2D eigenvalue weighted by Crippen LogP contribution is 2.26. The van der Waals surface area contributed by atoms with Crippen LogP contribution in [0.25, 0.3) is 12.2 Å². The molecule has 4 nitrogen and oxygen atoms in total. The van der Waals surface area contributed by atoms with Crippen LogP contribution < -0.4 is 9.47 Å². The van der Waals surface area contributed by atoms with Crippen molar-refractivity contribution in [2.24, 2.45) is 0 Å². The topological polar surface area (TPSA) is 44.2 Å². The molecule has 1 aromatic heterocycles. The number of aromatic nitrogens is 2. The van der Waals surface area contributed by atoms with Crippen LogP contribution in [0, 0.1) is 20.8 Å². The number of nitrogens with zero attached hydrogens (tertiary/aromatic N) is 2. The van der Waals surface area contributed by atoms with Crippen molar-refractivity contribution in [3.05, 3.63) is 46.5 Å². The lowest BCUT2D eigenvalue weighted by Gasteiger charge is -2.08. The summed E-state index contributed by atoms with van der Waals surface area (Å²) in [5.74, 6) is 1.53. The van der Waals surface area contributed by atoms with Crippen molar-refractivity contribution < 1.29 is 9.47 Å². The van der Waals surface area contributed by atoms with Gasteiger partial charge in [-0.2, -0.15) is 0 Å². The molecule has 0 spiro atoms. The molecule has 0 amide bonds. The second kappa shape index (κ2) is 6.39. The van der Waals surface area contributed by atoms with Crippen molar-refractivity contribution in [2.75, 3.05) is 14.2 Å². The number of aryl methyl sites for hydroxylation is 3. The van der Waals surface area contributed by atoms with Gasteiger partial charge in [0.2, 0.25) is 0 Å². The first-order valence-corrected chi connectivity index (χ1v) is 6.77. The van der Waals surface area contributed by atoms with E-state index in [1.807, 2.05) is 51.1 Å². The summed E-state index contributed by atoms with van der Waals surface area (Å²) >= 11 is 0. The van der Waals surface area contributed by atoms with Gasteiger partial charge >= 0.3 is 0 Å². The third-order valence-corrected chi connectivity index (χ3v) is 3.38. The summed E-state index contributed by atoms with van der Waals surface area (Å²) in [5, 5.41) is 0. The number of methoxy groups -OCH3 is 2. The molecule has 0 unspecified atom stereocenters. The van der Waals surface area contributed by atoms with Gasteiger partial charge in [-0.3, -0.25) is 4.98 Å². The molecule has 0 aliphatic carbocycles. The molecule has 0 bridgehead atoms. The fourth-order valence-electron chi connectivity index (χ4n) is 2.01. The average molecular weight is 284 g/mol. The molecule has 4 heteroatoms. The number of rotatable bonds is 4. The lowest BCUT2D eigenvalue weighted by atomic mass is 10.1. The van der Waals surface area contributed by atoms with Gasteiger partial charge in [0, 0.05) is 11.6 Å². The van der Waals surface area contributed by atoms with Crippen molar-refractivity contribution in [3.63, 3.8) is 0 Å². The Kier molecular flexibility index (Phi) is 4.58. The van der Waals surface area contributed by atoms with Crippen LogP contribution in [-0.4, -0.2) is 24.2 Å². The fourth-order valence-corrected chi connectivity index (χ4v) is 2.01. The first-order chi connectivity index (χ1) is 10.0. The number of hydrogen-bond donors (Lipinski definition) is 0. The molecule has 0 radical (unpaired) electrons. The molecule has 0 aliphatic heterocycles. The van der Waals surface area contributed by atoms with Gasteiger partial charge < -0.3 is 9.47 Å². The minimum Gasteiger partial charge on any atom is -0.497 e. The Balaban J connectivity index is 2.35. The van der Waals surface area contributed by atoms with E-state index < -0.39 is 0 Å². The number of hydrogen-bond acceptors (Lipinski definition) is 4. The molecular weight excluding hydrogens is 264 g/mol. The molecule has 0 saturated heterocycles. The van der Waals surface area contributed by atoms with Gasteiger partial charge in [0.15, 0.2) is 0 Å². The van der Waals surface area contributed by atoms with Gasteiger partial charge in [-0.25, -0.2) is 4.98 Å². The summed E-state index contributed by atoms with van der Waals surface area (Å²) in [6.45, 7) is 5.90. The first kappa shape index (κ1) is 15.0. The van der Waals surface area contributed by atoms with Crippen LogP contribution in [0.1, 0.15) is 28.3 Å². The van der Waals surface area contributed by atoms with E-state index in [1.54, 1.807) is 14.2 Å². The Hall–Kier alpha value is -2.36. The van der Waals surface area contributed by atoms with Crippen LogP contribution in [0.5, 0.6) is 11.5 Å². The Bertz CT molecular complexity index is 679. The summed E-state index contributed by atoms with van der Waals surface area (Å²) in [6.07, 6.45) is 3.93. The third-order valence-electron chi connectivity index (χ3n) is 3.38. The quantitative estimate of drug-likeness (QED) is 0.860. The average Bonchev–Trinajstić information content (AvgIpc) is 2.49. The standard InChI is InChI=1S/C17H20N2O2/c1-11-12(2)19-16(13(3)18-11)9-7-14-6-8-15(20-4)10-17(14)21-5/h6-10H,1-5H3/b9-7+. The van der Waals surface area contributed by atoms with E-state index in [4.69, 9.17) is 9.47 Å². The Morgan fingerprint density at radius 3 is 2.24 bits per heavy atom. The lowest BCUT2D eigenvalue weighted by molar-refractivity contribution is 0.394. The predicted molar refractivity (Wildman–Crippen MR) is 84.7 cm³/mol. The lowest BCUT2D eigenvalue weighted by Crippen LogP contribution is -1.98. The molecule has 0 saturated carbocycles. The predicted octanol–water partition coefficient (Wildman–Crippen LogP) is 3.59. The molecule has 0 fully saturated rings. The van der Waals surface area contributed by atoms with Gasteiger partial charge in [0.25, 0.3) is 0 Å². The van der Waals surface area contributed by atoms with Crippen LogP contribution in [0.4, 0.5) is 0 Å². The monoisotopic (exact) mass is 284 g/mol. The Morgan fingerprint density at radius 2 is 1.57 bits per heavy atom. The van der Waals surface area contributed by atoms with Crippen LogP contribution >= 0.6 is 0 Å². The van der Waals surface area contributed by atoms with E-state index in [9.17, 15) is 0 Å². The van der Waals surface area contributed by atoms with Crippen LogP contribution in [-0.2, 0) is 0 Å². The van der Waals surface area contributed by atoms with E-state index in [-0.39, 0.29) is 0 Å². The van der Waals surface area contributed by atoms with E-state index in [0.29, 0.717) is 0 Å². The van der Waals surface area contributed by atoms with Gasteiger partial charge in [0.1, 0.15) is 11.5 Å². The third kappa shape index (κ3) is 3.40. The molecule has 110 valence electrons. The van der Waals surface area contributed by atoms with E-state index in [2.05, 4.69) is 9.97 Å². The molecular formula is C17H20N2O2. The minimum atomic E-state index is 0.764. The van der Waals surface area contributed by atoms with Crippen molar-refractivity contribution in [3.8, 4) is 11.5 Å². The highest BCUT2D eigenvalue weighted by atomic mass is 16.5. The molecule has 2 aromatic rings. The molecule has 21 heavy (non-hydrogen) atoms. The smallest absolute Gasteiger partial charge is 0.129 e. The van der Waals surface area contributed by atoms with Crippen LogP contribution in [0.2, 0.25) is 0 Å². The van der Waals surface area contributed by atoms with Crippen LogP contribution in [0.3, 0.4) is 0 Å². The van der Waals surface area contributed by atoms with Gasteiger partial charge in [0.05, 0.1) is 37.0 Å². The maximum absolute atomic E-state index is 5.38. The number of benzene rings is 1. The zero-order valence-corrected chi connectivity index (χ0v) is 13.1. The van der Waals surface area contributed by atoms with Gasteiger partial charge in [-0.1, -0.05) is 0 Å². The molecule has 1 aromatic carbocycles. The normalized spacial score (nSPS) is 10.9. The summed E-state index contributed by atoms with van der Waals surface area (Å²) in [4.78, 5) is 9.05. The van der Waals surface area contributed by atoms with E-state index >= 15 is 0 Å². The summed E-state index contributed by atoms with van der Waals surface area (Å²) in [7, 11) is 3.28. The maximum Gasteiger partial charge on any atom is 0.129 e. The highest BCUT2D eigenvalue weighted by molar-refractivity contribution is 5.72. The zero-order chi connectivity index (χ0) is 15.4. The summed E-state index contributed by atoms with van der Waals surface area (Å²) < 4.78 is 10.6. The fraction of sp³-hybridized carbons (Fsp3) is 0.294. The molecule has 0 aliphatic rings. The second-order valence-electron chi connectivity index (χ2n) is 4.81. The van der Waals surface area contributed by atoms with Crippen molar-refractivity contribution in [1.29, 1.82) is 0 Å². The molecule has 0 atom stereocenters. The Morgan fingerprint density at radius 1 is 0.857 bits per heavy atom. The minimum absolute atomic E-state index is 0.764. The van der Waals surface area contributed by atoms with Crippen LogP contribution in [0.15, 0.2) is 18.2 Å². The molecule has 2 rings (SSSR count). The van der Waals surface area contributed by atoms with Crippen molar-refractivity contribution in [1.82, 2.24) is 9.97 Å². The van der Waals surface area contributed by atoms with Gasteiger partial charge in [-0.15, -0.1) is 0 Å². The van der Waals surface area contributed by atoms with Gasteiger partial charge in [-0.05, 0) is 45.1 Å². The highest BCUT2D eigenvalue weighted by Gasteiger charge is 2.04. The first-order valence-electron chi connectivity index (χ1n) is 6.77. The SMILES string of the molecule is COc1ccc(/C=C/c2nc(C)c(C)nc2C)c(OC)c1. The van der Waals surface area contributed by atoms with E-state index in [1.165, 1.54) is 0 Å². The van der Waals surface area contributed by atoms with E-state index in [0.717, 1.165) is 39.8 Å². The summed E-state index contributed by atoms with van der Waals surface area (Å²) in [6, 6.07) is 5.72. The zero-order valence-electron chi connectivity index (χ0n) is 13.1. The largest absolute Gasteiger partial charge is 0.497 e. The van der Waals surface area contributed by atoms with Crippen molar-refractivity contribution in [2.45, 2.75) is 20.8 Å². The Labute approximate surface area is 125 Å². The summed E-state index contributed by atoms with van der Waals surface area (Å²) in [5.41, 5.74) is 4.67.